The molecule has 3 aromatic carbocycles. The molecule has 0 radical (unpaired) electrons. The Kier molecular flexibility index (Phi) is 4.40. The van der Waals surface area contributed by atoms with Gasteiger partial charge >= 0.3 is 0 Å². The average molecular weight is 331 g/mol. The van der Waals surface area contributed by atoms with Gasteiger partial charge in [0.2, 0.25) is 6.79 Å². The van der Waals surface area contributed by atoms with E-state index in [4.69, 9.17) is 9.47 Å². The van der Waals surface area contributed by atoms with Crippen molar-refractivity contribution in [2.45, 2.75) is 12.5 Å². The average Bonchev–Trinajstić information content (AvgIpc) is 3.15. The Morgan fingerprint density at radius 2 is 1.56 bits per heavy atom. The van der Waals surface area contributed by atoms with Crippen LogP contribution in [0.15, 0.2) is 72.8 Å². The van der Waals surface area contributed by atoms with Crippen LogP contribution in [0.1, 0.15) is 17.2 Å². The summed E-state index contributed by atoms with van der Waals surface area (Å²) in [4.78, 5) is 0. The van der Waals surface area contributed by atoms with E-state index < -0.39 is 0 Å². The molecule has 1 unspecified atom stereocenters. The summed E-state index contributed by atoms with van der Waals surface area (Å²) in [6.45, 7) is 0.315. The maximum atomic E-state index is 5.48. The molecule has 3 nitrogen and oxygen atoms in total. The van der Waals surface area contributed by atoms with Gasteiger partial charge in [-0.25, -0.2) is 0 Å². The Hall–Kier alpha value is -2.78. The second-order valence-electron chi connectivity index (χ2n) is 6.22. The van der Waals surface area contributed by atoms with Crippen molar-refractivity contribution in [3.8, 4) is 22.6 Å². The Labute approximate surface area is 148 Å². The third-order valence-electron chi connectivity index (χ3n) is 4.65. The molecule has 1 atom stereocenters. The third-order valence-corrected chi connectivity index (χ3v) is 4.65. The molecule has 0 saturated carbocycles. The molecule has 0 saturated heterocycles. The molecule has 3 aromatic rings. The van der Waals surface area contributed by atoms with Gasteiger partial charge in [-0.2, -0.15) is 0 Å². The van der Waals surface area contributed by atoms with Crippen molar-refractivity contribution in [2.75, 3.05) is 13.8 Å². The fourth-order valence-corrected chi connectivity index (χ4v) is 3.23. The van der Waals surface area contributed by atoms with Crippen molar-refractivity contribution >= 4 is 0 Å². The van der Waals surface area contributed by atoms with Crippen molar-refractivity contribution in [2.24, 2.45) is 0 Å². The summed E-state index contributed by atoms with van der Waals surface area (Å²) >= 11 is 0. The van der Waals surface area contributed by atoms with Gasteiger partial charge in [0.25, 0.3) is 0 Å². The molecule has 3 heteroatoms. The number of rotatable bonds is 5. The third kappa shape index (κ3) is 3.37. The first-order chi connectivity index (χ1) is 12.3. The van der Waals surface area contributed by atoms with Crippen LogP contribution in [-0.2, 0) is 6.42 Å². The lowest BCUT2D eigenvalue weighted by Gasteiger charge is -2.17. The van der Waals surface area contributed by atoms with Gasteiger partial charge in [-0.05, 0) is 47.9 Å². The molecule has 1 aliphatic heterocycles. The maximum absolute atomic E-state index is 5.48. The van der Waals surface area contributed by atoms with Crippen molar-refractivity contribution in [3.05, 3.63) is 83.9 Å². The summed E-state index contributed by atoms with van der Waals surface area (Å²) in [5.41, 5.74) is 4.99. The van der Waals surface area contributed by atoms with E-state index in [1.54, 1.807) is 0 Å². The molecule has 0 bridgehead atoms. The molecular weight excluding hydrogens is 310 g/mol. The zero-order valence-electron chi connectivity index (χ0n) is 14.2. The van der Waals surface area contributed by atoms with Gasteiger partial charge in [0.05, 0.1) is 0 Å². The quantitative estimate of drug-likeness (QED) is 0.742. The van der Waals surface area contributed by atoms with Crippen LogP contribution < -0.4 is 14.8 Å². The van der Waals surface area contributed by atoms with Crippen molar-refractivity contribution < 1.29 is 9.47 Å². The van der Waals surface area contributed by atoms with Crippen LogP contribution in [0.3, 0.4) is 0 Å². The van der Waals surface area contributed by atoms with E-state index in [9.17, 15) is 0 Å². The van der Waals surface area contributed by atoms with E-state index in [0.29, 0.717) is 6.79 Å². The molecule has 1 aliphatic rings. The van der Waals surface area contributed by atoms with Gasteiger partial charge in [-0.15, -0.1) is 0 Å². The van der Waals surface area contributed by atoms with E-state index in [-0.39, 0.29) is 6.04 Å². The number of benzene rings is 3. The van der Waals surface area contributed by atoms with Crippen LogP contribution in [0.25, 0.3) is 11.1 Å². The van der Waals surface area contributed by atoms with Crippen molar-refractivity contribution in [1.29, 1.82) is 0 Å². The highest BCUT2D eigenvalue weighted by Gasteiger charge is 2.16. The van der Waals surface area contributed by atoms with Gasteiger partial charge in [0, 0.05) is 6.04 Å². The highest BCUT2D eigenvalue weighted by atomic mass is 16.7. The number of hydrogen-bond donors (Lipinski definition) is 1. The number of nitrogens with one attached hydrogen (secondary N) is 1. The molecule has 1 N–H and O–H groups in total. The largest absolute Gasteiger partial charge is 0.454 e. The van der Waals surface area contributed by atoms with Crippen LogP contribution in [0.2, 0.25) is 0 Å². The minimum atomic E-state index is 0.255. The van der Waals surface area contributed by atoms with Gasteiger partial charge < -0.3 is 14.8 Å². The minimum absolute atomic E-state index is 0.255. The molecule has 0 aromatic heterocycles. The molecule has 1 heterocycles. The van der Waals surface area contributed by atoms with Crippen LogP contribution in [0.4, 0.5) is 0 Å². The smallest absolute Gasteiger partial charge is 0.231 e. The SMILES string of the molecule is CNC(Cc1ccc2c(c1)OCO2)c1ccc(-c2ccccc2)cc1. The van der Waals surface area contributed by atoms with Crippen LogP contribution >= 0.6 is 0 Å². The highest BCUT2D eigenvalue weighted by molar-refractivity contribution is 5.63. The number of ether oxygens (including phenoxy) is 2. The predicted molar refractivity (Wildman–Crippen MR) is 99.9 cm³/mol. The topological polar surface area (TPSA) is 30.5 Å². The summed E-state index contributed by atoms with van der Waals surface area (Å²) in [6.07, 6.45) is 0.901. The maximum Gasteiger partial charge on any atom is 0.231 e. The first-order valence-corrected chi connectivity index (χ1v) is 8.54. The van der Waals surface area contributed by atoms with E-state index >= 15 is 0 Å². The molecule has 0 fully saturated rings. The molecule has 25 heavy (non-hydrogen) atoms. The van der Waals surface area contributed by atoms with Gasteiger partial charge in [0.15, 0.2) is 11.5 Å². The molecule has 4 rings (SSSR count). The summed E-state index contributed by atoms with van der Waals surface area (Å²) in [5, 5.41) is 3.42. The molecule has 126 valence electrons. The zero-order valence-corrected chi connectivity index (χ0v) is 14.2. The van der Waals surface area contributed by atoms with Crippen LogP contribution in [-0.4, -0.2) is 13.8 Å². The minimum Gasteiger partial charge on any atom is -0.454 e. The predicted octanol–water partition coefficient (Wildman–Crippen LogP) is 4.59. The normalized spacial score (nSPS) is 13.6. The second kappa shape index (κ2) is 6.99. The highest BCUT2D eigenvalue weighted by Crippen LogP contribution is 2.33. The lowest BCUT2D eigenvalue weighted by atomic mass is 9.96. The number of fused-ring (bicyclic) bond motifs is 1. The van der Waals surface area contributed by atoms with Gasteiger partial charge in [-0.3, -0.25) is 0 Å². The fraction of sp³-hybridized carbons (Fsp3) is 0.182. The molecule has 0 aliphatic carbocycles. The second-order valence-corrected chi connectivity index (χ2v) is 6.22. The van der Waals surface area contributed by atoms with E-state index in [0.717, 1.165) is 17.9 Å². The van der Waals surface area contributed by atoms with Gasteiger partial charge in [-0.1, -0.05) is 60.7 Å². The standard InChI is InChI=1S/C22H21NO2/c1-23-20(13-16-7-12-21-22(14-16)25-15-24-21)19-10-8-18(9-11-19)17-5-3-2-4-6-17/h2-12,14,20,23H,13,15H2,1H3. The zero-order chi connectivity index (χ0) is 17.1. The van der Waals surface area contributed by atoms with Crippen molar-refractivity contribution in [3.63, 3.8) is 0 Å². The Morgan fingerprint density at radius 3 is 2.32 bits per heavy atom. The Bertz CT molecular complexity index is 844. The summed E-state index contributed by atoms with van der Waals surface area (Å²) in [5.74, 6) is 1.67. The lowest BCUT2D eigenvalue weighted by molar-refractivity contribution is 0.174. The summed E-state index contributed by atoms with van der Waals surface area (Å²) < 4.78 is 10.9. The van der Waals surface area contributed by atoms with E-state index in [1.165, 1.54) is 22.3 Å². The first-order valence-electron chi connectivity index (χ1n) is 8.54. The molecule has 0 spiro atoms. The number of hydrogen-bond acceptors (Lipinski definition) is 3. The van der Waals surface area contributed by atoms with E-state index in [1.807, 2.05) is 19.2 Å². The van der Waals surface area contributed by atoms with Crippen molar-refractivity contribution in [1.82, 2.24) is 5.32 Å². The lowest BCUT2D eigenvalue weighted by Crippen LogP contribution is -2.18. The first kappa shape index (κ1) is 15.7. The van der Waals surface area contributed by atoms with E-state index in [2.05, 4.69) is 66.0 Å². The Morgan fingerprint density at radius 1 is 0.840 bits per heavy atom. The summed E-state index contributed by atoms with van der Waals surface area (Å²) in [7, 11) is 2.00. The molecule has 0 amide bonds. The molecular formula is C22H21NO2. The van der Waals surface area contributed by atoms with Gasteiger partial charge in [0.1, 0.15) is 0 Å². The summed E-state index contributed by atoms with van der Waals surface area (Å²) in [6, 6.07) is 25.7. The number of likely N-dealkylation sites (N-methyl/N-ethyl adjacent to an activating group) is 1. The van der Waals surface area contributed by atoms with Crippen LogP contribution in [0, 0.1) is 0 Å². The Balaban J connectivity index is 1.53. The monoisotopic (exact) mass is 331 g/mol. The fourth-order valence-electron chi connectivity index (χ4n) is 3.23. The van der Waals surface area contributed by atoms with Crippen LogP contribution in [0.5, 0.6) is 11.5 Å².